The quantitative estimate of drug-likeness (QED) is 0.422. The summed E-state index contributed by atoms with van der Waals surface area (Å²) in [5, 5.41) is 8.38. The summed E-state index contributed by atoms with van der Waals surface area (Å²) in [6, 6.07) is 8.30. The van der Waals surface area contributed by atoms with Gasteiger partial charge >= 0.3 is 5.97 Å². The van der Waals surface area contributed by atoms with E-state index in [4.69, 9.17) is 5.11 Å². The lowest BCUT2D eigenvalue weighted by Gasteiger charge is -2.21. The number of hydrogen-bond donors (Lipinski definition) is 1. The van der Waals surface area contributed by atoms with Crippen LogP contribution in [0.3, 0.4) is 0 Å². The monoisotopic (exact) mass is 383 g/mol. The molecule has 3 heterocycles. The van der Waals surface area contributed by atoms with Gasteiger partial charge in [-0.25, -0.2) is 4.79 Å². The van der Waals surface area contributed by atoms with Gasteiger partial charge < -0.3 is 19.8 Å². The number of carboxylic acids is 1. The summed E-state index contributed by atoms with van der Waals surface area (Å²) in [6.45, 7) is 5.41. The third-order valence-corrected chi connectivity index (χ3v) is 4.51. The lowest BCUT2D eigenvalue weighted by Crippen LogP contribution is -2.29. The molecule has 1 aromatic rings. The van der Waals surface area contributed by atoms with Gasteiger partial charge in [0.2, 0.25) is 11.6 Å². The Labute approximate surface area is 167 Å². The zero-order valence-corrected chi connectivity index (χ0v) is 14.2. The van der Waals surface area contributed by atoms with Gasteiger partial charge in [0.25, 0.3) is 0 Å². The van der Waals surface area contributed by atoms with E-state index in [0.29, 0.717) is 22.7 Å². The highest BCUT2D eigenvalue weighted by Crippen LogP contribution is 2.33. The minimum absolute atomic E-state index is 0. The second-order valence-electron chi connectivity index (χ2n) is 6.55. The van der Waals surface area contributed by atoms with E-state index >= 15 is 0 Å². The average molecular weight is 383 g/mol. The lowest BCUT2D eigenvalue weighted by atomic mass is 10.0. The summed E-state index contributed by atoms with van der Waals surface area (Å²) >= 11 is 0. The number of carbonyl (C=O) groups excluding carboxylic acids is 2. The van der Waals surface area contributed by atoms with Gasteiger partial charge in [-0.15, -0.1) is 0 Å². The molecule has 140 valence electrons. The molecule has 3 saturated heterocycles. The fourth-order valence-electron chi connectivity index (χ4n) is 2.86. The molecule has 5 rings (SSSR count). The fourth-order valence-corrected chi connectivity index (χ4v) is 2.86. The lowest BCUT2D eigenvalue weighted by molar-refractivity contribution is -0.117. The average Bonchev–Trinajstić information content (AvgIpc) is 3.50. The molecular weight excluding hydrogens is 361 g/mol. The minimum Gasteiger partial charge on any atom is -0.478 e. The third-order valence-electron chi connectivity index (χ3n) is 4.51. The highest BCUT2D eigenvalue weighted by atomic mass is 27.0. The molecule has 0 unspecified atom stereocenters. The van der Waals surface area contributed by atoms with Crippen LogP contribution in [0, 0.1) is 0 Å². The molecule has 0 spiro atoms. The molecule has 7 nitrogen and oxygen atoms in total. The van der Waals surface area contributed by atoms with Crippen molar-refractivity contribution in [3.8, 4) is 0 Å². The van der Waals surface area contributed by atoms with Crippen LogP contribution in [0.4, 0.5) is 0 Å². The minimum atomic E-state index is -0.879. The predicted octanol–water partition coefficient (Wildman–Crippen LogP) is -0.619. The van der Waals surface area contributed by atoms with E-state index in [1.807, 2.05) is 14.7 Å². The van der Waals surface area contributed by atoms with Gasteiger partial charge in [0.05, 0.1) is 11.3 Å². The molecule has 3 aliphatic heterocycles. The number of Topliss-reactive ketones (excluding diaryl/α,β-unsaturated/α-hetero) is 1. The summed E-state index contributed by atoms with van der Waals surface area (Å²) in [5.41, 5.74) is 2.22. The molecule has 0 amide bonds. The zero-order chi connectivity index (χ0) is 18.3. The highest BCUT2D eigenvalue weighted by Gasteiger charge is 2.43. The Balaban J connectivity index is 0.000000181. The fraction of sp³-hybridized carbons (Fsp3) is 0.316. The first kappa shape index (κ1) is 19.2. The SMILES string of the molecule is O=C(O)c1ccccc1.O=C1C=C(N2CC2)C(=O)C(N2CC2)=C1N1CC1.[AlH3]. The number of aromatic carboxylic acids is 1. The van der Waals surface area contributed by atoms with Crippen LogP contribution in [-0.4, -0.2) is 94.0 Å². The molecule has 0 aromatic heterocycles. The van der Waals surface area contributed by atoms with Crippen LogP contribution in [0.2, 0.25) is 0 Å². The molecule has 1 aliphatic carbocycles. The van der Waals surface area contributed by atoms with Crippen molar-refractivity contribution in [3.05, 3.63) is 59.1 Å². The highest BCUT2D eigenvalue weighted by molar-refractivity contribution is 6.22. The van der Waals surface area contributed by atoms with E-state index in [1.54, 1.807) is 30.3 Å². The van der Waals surface area contributed by atoms with Crippen molar-refractivity contribution in [1.29, 1.82) is 0 Å². The summed E-state index contributed by atoms with van der Waals surface area (Å²) in [5.74, 6) is -0.831. The first-order valence-electron chi connectivity index (χ1n) is 8.64. The molecule has 4 aliphatic rings. The first-order chi connectivity index (χ1) is 12.6. The standard InChI is InChI=1S/C12H13N3O2.C7H6O2.Al.3H/c16-9-7-8(13-1-2-13)12(17)11(15-5-6-15)10(9)14-3-4-14;8-7(9)6-4-2-1-3-5-6;;;;/h7H,1-6H2;1-5H,(H,8,9);;;;. The van der Waals surface area contributed by atoms with Gasteiger partial charge in [-0.05, 0) is 12.1 Å². The van der Waals surface area contributed by atoms with Gasteiger partial charge in [-0.1, -0.05) is 18.2 Å². The van der Waals surface area contributed by atoms with Crippen LogP contribution in [0.25, 0.3) is 0 Å². The van der Waals surface area contributed by atoms with Crippen molar-refractivity contribution < 1.29 is 19.5 Å². The van der Waals surface area contributed by atoms with Crippen molar-refractivity contribution in [3.63, 3.8) is 0 Å². The smallest absolute Gasteiger partial charge is 0.335 e. The van der Waals surface area contributed by atoms with Crippen LogP contribution in [0.15, 0.2) is 53.5 Å². The number of carbonyl (C=O) groups is 3. The van der Waals surface area contributed by atoms with Crippen LogP contribution in [0.5, 0.6) is 0 Å². The number of nitrogens with zero attached hydrogens (tertiary/aromatic N) is 3. The Morgan fingerprint density at radius 2 is 1.33 bits per heavy atom. The van der Waals surface area contributed by atoms with E-state index in [1.165, 1.54) is 6.08 Å². The number of rotatable bonds is 4. The van der Waals surface area contributed by atoms with Crippen molar-refractivity contribution in [1.82, 2.24) is 14.7 Å². The molecule has 27 heavy (non-hydrogen) atoms. The molecule has 0 saturated carbocycles. The van der Waals surface area contributed by atoms with E-state index in [9.17, 15) is 14.4 Å². The topological polar surface area (TPSA) is 80.5 Å². The summed E-state index contributed by atoms with van der Waals surface area (Å²) in [6.07, 6.45) is 1.52. The maximum absolute atomic E-state index is 12.4. The van der Waals surface area contributed by atoms with Gasteiger partial charge in [-0.2, -0.15) is 0 Å². The molecule has 8 heteroatoms. The summed E-state index contributed by atoms with van der Waals surface area (Å²) in [7, 11) is 0. The van der Waals surface area contributed by atoms with E-state index in [-0.39, 0.29) is 28.9 Å². The van der Waals surface area contributed by atoms with Crippen LogP contribution in [-0.2, 0) is 9.59 Å². The maximum Gasteiger partial charge on any atom is 0.335 e. The number of allylic oxidation sites excluding steroid dienone is 1. The second kappa shape index (κ2) is 7.59. The van der Waals surface area contributed by atoms with E-state index in [0.717, 1.165) is 39.3 Å². The first-order valence-corrected chi connectivity index (χ1v) is 8.64. The molecule has 0 bridgehead atoms. The molecule has 0 atom stereocenters. The Morgan fingerprint density at radius 1 is 0.815 bits per heavy atom. The van der Waals surface area contributed by atoms with Crippen molar-refractivity contribution >= 4 is 34.9 Å². The van der Waals surface area contributed by atoms with Crippen LogP contribution in [0.1, 0.15) is 10.4 Å². The largest absolute Gasteiger partial charge is 0.478 e. The van der Waals surface area contributed by atoms with Gasteiger partial charge in [0.1, 0.15) is 11.4 Å². The summed E-state index contributed by atoms with van der Waals surface area (Å²) < 4.78 is 0. The van der Waals surface area contributed by atoms with E-state index in [2.05, 4.69) is 0 Å². The Hall–Kier alpha value is -2.56. The van der Waals surface area contributed by atoms with Crippen LogP contribution >= 0.6 is 0 Å². The number of carboxylic acid groups (broad SMARTS) is 1. The van der Waals surface area contributed by atoms with E-state index < -0.39 is 5.97 Å². The molecule has 1 aromatic carbocycles. The van der Waals surface area contributed by atoms with Crippen molar-refractivity contribution in [2.45, 2.75) is 0 Å². The molecular formula is C19H22AlN3O4. The second-order valence-corrected chi connectivity index (χ2v) is 6.55. The van der Waals surface area contributed by atoms with Crippen molar-refractivity contribution in [2.75, 3.05) is 39.3 Å². The van der Waals surface area contributed by atoms with Gasteiger partial charge in [0, 0.05) is 45.3 Å². The molecule has 1 N–H and O–H groups in total. The number of hydrogen-bond acceptors (Lipinski definition) is 6. The van der Waals surface area contributed by atoms with Gasteiger partial charge in [-0.3, -0.25) is 9.59 Å². The Kier molecular flexibility index (Phi) is 5.40. The molecule has 0 radical (unpaired) electrons. The number of ketones is 2. The van der Waals surface area contributed by atoms with Crippen molar-refractivity contribution in [2.24, 2.45) is 0 Å². The van der Waals surface area contributed by atoms with Crippen LogP contribution < -0.4 is 0 Å². The van der Waals surface area contributed by atoms with Gasteiger partial charge in [0.15, 0.2) is 17.4 Å². The number of benzene rings is 1. The molecule has 3 fully saturated rings. The summed E-state index contributed by atoms with van der Waals surface area (Å²) in [4.78, 5) is 40.7. The Bertz CT molecular complexity index is 838. The normalized spacial score (nSPS) is 19.7. The zero-order valence-electron chi connectivity index (χ0n) is 14.2. The third kappa shape index (κ3) is 4.24. The Morgan fingerprint density at radius 3 is 1.78 bits per heavy atom. The maximum atomic E-state index is 12.4. The predicted molar refractivity (Wildman–Crippen MR) is 103 cm³/mol.